The minimum atomic E-state index is -0.948. The maximum atomic E-state index is 13.4. The van der Waals surface area contributed by atoms with Crippen molar-refractivity contribution < 1.29 is 18.4 Å². The molecule has 2 amide bonds. The Hall–Kier alpha value is -2.76. The molecular formula is C14H10F2N2O2. The summed E-state index contributed by atoms with van der Waals surface area (Å²) >= 11 is 0. The number of rotatable bonds is 3. The van der Waals surface area contributed by atoms with Gasteiger partial charge in [-0.25, -0.2) is 8.78 Å². The summed E-state index contributed by atoms with van der Waals surface area (Å²) in [6.07, 6.45) is 0. The Balaban J connectivity index is 2.21. The largest absolute Gasteiger partial charge is 0.366 e. The molecule has 2 aromatic rings. The maximum absolute atomic E-state index is 13.4. The van der Waals surface area contributed by atoms with Gasteiger partial charge in [0.15, 0.2) is 0 Å². The van der Waals surface area contributed by atoms with E-state index >= 15 is 0 Å². The molecule has 0 aliphatic rings. The molecule has 0 spiro atoms. The number of halogens is 2. The van der Waals surface area contributed by atoms with Crippen LogP contribution in [0.1, 0.15) is 20.7 Å². The van der Waals surface area contributed by atoms with Crippen LogP contribution in [0.2, 0.25) is 0 Å². The molecule has 0 unspecified atom stereocenters. The van der Waals surface area contributed by atoms with Crippen LogP contribution in [0.3, 0.4) is 0 Å². The molecule has 0 aromatic heterocycles. The van der Waals surface area contributed by atoms with Crippen LogP contribution in [0, 0.1) is 11.6 Å². The van der Waals surface area contributed by atoms with Crippen LogP contribution in [0.5, 0.6) is 0 Å². The molecule has 0 fully saturated rings. The molecule has 0 aliphatic carbocycles. The van der Waals surface area contributed by atoms with Gasteiger partial charge >= 0.3 is 0 Å². The van der Waals surface area contributed by atoms with E-state index in [0.29, 0.717) is 5.69 Å². The summed E-state index contributed by atoms with van der Waals surface area (Å²) in [4.78, 5) is 22.7. The van der Waals surface area contributed by atoms with Gasteiger partial charge in [0.05, 0.1) is 0 Å². The standard InChI is InChI=1S/C14H10F2N2O2/c15-10-2-1-3-11(16)12(10)14(20)18-9-6-4-8(5-7-9)13(17)19/h1-7H,(H2,17,19)(H,18,20). The molecule has 102 valence electrons. The lowest BCUT2D eigenvalue weighted by atomic mass is 10.1. The van der Waals surface area contributed by atoms with Crippen LogP contribution in [0.15, 0.2) is 42.5 Å². The highest BCUT2D eigenvalue weighted by atomic mass is 19.1. The van der Waals surface area contributed by atoms with Gasteiger partial charge in [0.1, 0.15) is 17.2 Å². The lowest BCUT2D eigenvalue weighted by Crippen LogP contribution is -2.16. The van der Waals surface area contributed by atoms with Crippen molar-refractivity contribution in [2.75, 3.05) is 5.32 Å². The van der Waals surface area contributed by atoms with Gasteiger partial charge in [-0.05, 0) is 36.4 Å². The number of carbonyl (C=O) groups excluding carboxylic acids is 2. The highest BCUT2D eigenvalue weighted by Crippen LogP contribution is 2.15. The zero-order valence-corrected chi connectivity index (χ0v) is 10.2. The van der Waals surface area contributed by atoms with E-state index < -0.39 is 29.0 Å². The van der Waals surface area contributed by atoms with Crippen molar-refractivity contribution >= 4 is 17.5 Å². The molecule has 2 aromatic carbocycles. The summed E-state index contributed by atoms with van der Waals surface area (Å²) in [5, 5.41) is 2.33. The molecule has 4 nitrogen and oxygen atoms in total. The number of primary amides is 1. The fourth-order valence-electron chi connectivity index (χ4n) is 1.63. The summed E-state index contributed by atoms with van der Waals surface area (Å²) < 4.78 is 26.8. The van der Waals surface area contributed by atoms with Gasteiger partial charge in [-0.1, -0.05) is 6.07 Å². The van der Waals surface area contributed by atoms with Gasteiger partial charge in [0.25, 0.3) is 5.91 Å². The van der Waals surface area contributed by atoms with Crippen LogP contribution in [-0.2, 0) is 0 Å². The van der Waals surface area contributed by atoms with E-state index in [4.69, 9.17) is 5.73 Å². The topological polar surface area (TPSA) is 72.2 Å². The van der Waals surface area contributed by atoms with Crippen LogP contribution in [-0.4, -0.2) is 11.8 Å². The minimum Gasteiger partial charge on any atom is -0.366 e. The third-order valence-corrected chi connectivity index (χ3v) is 2.62. The van der Waals surface area contributed by atoms with E-state index in [1.807, 2.05) is 0 Å². The Kier molecular flexibility index (Phi) is 3.74. The highest BCUT2D eigenvalue weighted by Gasteiger charge is 2.17. The predicted molar refractivity (Wildman–Crippen MR) is 69.3 cm³/mol. The van der Waals surface area contributed by atoms with Gasteiger partial charge in [0.2, 0.25) is 5.91 Å². The fraction of sp³-hybridized carbons (Fsp3) is 0. The second kappa shape index (κ2) is 5.48. The molecule has 0 aliphatic heterocycles. The molecule has 0 saturated heterocycles. The van der Waals surface area contributed by atoms with Gasteiger partial charge < -0.3 is 11.1 Å². The SMILES string of the molecule is NC(=O)c1ccc(NC(=O)c2c(F)cccc2F)cc1. The lowest BCUT2D eigenvalue weighted by molar-refractivity contribution is 0.0997. The molecule has 20 heavy (non-hydrogen) atoms. The molecule has 0 radical (unpaired) electrons. The molecule has 0 saturated carbocycles. The van der Waals surface area contributed by atoms with Crippen LogP contribution < -0.4 is 11.1 Å². The number of benzene rings is 2. The first kappa shape index (κ1) is 13.7. The zero-order valence-electron chi connectivity index (χ0n) is 10.2. The Morgan fingerprint density at radius 2 is 1.50 bits per heavy atom. The maximum Gasteiger partial charge on any atom is 0.261 e. The first-order chi connectivity index (χ1) is 9.49. The van der Waals surface area contributed by atoms with Crippen molar-refractivity contribution in [3.63, 3.8) is 0 Å². The number of hydrogen-bond donors (Lipinski definition) is 2. The summed E-state index contributed by atoms with van der Waals surface area (Å²) in [5.74, 6) is -3.41. The van der Waals surface area contributed by atoms with E-state index in [1.165, 1.54) is 30.3 Å². The van der Waals surface area contributed by atoms with E-state index in [0.717, 1.165) is 12.1 Å². The number of hydrogen-bond acceptors (Lipinski definition) is 2. The summed E-state index contributed by atoms with van der Waals surface area (Å²) in [6, 6.07) is 8.78. The van der Waals surface area contributed by atoms with Crippen molar-refractivity contribution in [3.05, 3.63) is 65.2 Å². The Bertz CT molecular complexity index is 649. The third kappa shape index (κ3) is 2.80. The predicted octanol–water partition coefficient (Wildman–Crippen LogP) is 2.32. The minimum absolute atomic E-state index is 0.264. The number of amides is 2. The quantitative estimate of drug-likeness (QED) is 0.903. The second-order valence-corrected chi connectivity index (χ2v) is 3.99. The summed E-state index contributed by atoms with van der Waals surface area (Å²) in [6.45, 7) is 0. The molecule has 0 atom stereocenters. The second-order valence-electron chi connectivity index (χ2n) is 3.99. The first-order valence-electron chi connectivity index (χ1n) is 5.64. The number of nitrogens with two attached hydrogens (primary N) is 1. The zero-order chi connectivity index (χ0) is 14.7. The van der Waals surface area contributed by atoms with Crippen molar-refractivity contribution in [3.8, 4) is 0 Å². The first-order valence-corrected chi connectivity index (χ1v) is 5.64. The third-order valence-electron chi connectivity index (χ3n) is 2.62. The normalized spacial score (nSPS) is 10.1. The Morgan fingerprint density at radius 3 is 2.00 bits per heavy atom. The average Bonchev–Trinajstić information content (AvgIpc) is 2.39. The van der Waals surface area contributed by atoms with Gasteiger partial charge in [-0.15, -0.1) is 0 Å². The van der Waals surface area contributed by atoms with Crippen molar-refractivity contribution in [1.29, 1.82) is 0 Å². The monoisotopic (exact) mass is 276 g/mol. The van der Waals surface area contributed by atoms with Crippen molar-refractivity contribution in [1.82, 2.24) is 0 Å². The van der Waals surface area contributed by atoms with Gasteiger partial charge in [0, 0.05) is 11.3 Å². The van der Waals surface area contributed by atoms with Gasteiger partial charge in [-0.3, -0.25) is 9.59 Å². The van der Waals surface area contributed by atoms with Crippen molar-refractivity contribution in [2.45, 2.75) is 0 Å². The van der Waals surface area contributed by atoms with E-state index in [9.17, 15) is 18.4 Å². The van der Waals surface area contributed by atoms with Crippen LogP contribution in [0.25, 0.3) is 0 Å². The lowest BCUT2D eigenvalue weighted by Gasteiger charge is -2.07. The van der Waals surface area contributed by atoms with E-state index in [1.54, 1.807) is 0 Å². The highest BCUT2D eigenvalue weighted by molar-refractivity contribution is 6.04. The summed E-state index contributed by atoms with van der Waals surface area (Å²) in [5.41, 5.74) is 4.97. The molecule has 6 heteroatoms. The number of carbonyl (C=O) groups is 2. The van der Waals surface area contributed by atoms with Crippen LogP contribution >= 0.6 is 0 Å². The van der Waals surface area contributed by atoms with Crippen molar-refractivity contribution in [2.24, 2.45) is 5.73 Å². The van der Waals surface area contributed by atoms with E-state index in [2.05, 4.69) is 5.32 Å². The molecule has 2 rings (SSSR count). The van der Waals surface area contributed by atoms with Crippen LogP contribution in [0.4, 0.5) is 14.5 Å². The average molecular weight is 276 g/mol. The fourth-order valence-corrected chi connectivity index (χ4v) is 1.63. The van der Waals surface area contributed by atoms with Gasteiger partial charge in [-0.2, -0.15) is 0 Å². The smallest absolute Gasteiger partial charge is 0.261 e. The number of nitrogens with one attached hydrogen (secondary N) is 1. The molecule has 0 heterocycles. The molecule has 3 N–H and O–H groups in total. The Labute approximate surface area is 113 Å². The molecule has 0 bridgehead atoms. The molecular weight excluding hydrogens is 266 g/mol. The summed E-state index contributed by atoms with van der Waals surface area (Å²) in [7, 11) is 0. The number of anilines is 1. The van der Waals surface area contributed by atoms with E-state index in [-0.39, 0.29) is 5.56 Å². The Morgan fingerprint density at radius 1 is 0.950 bits per heavy atom.